The van der Waals surface area contributed by atoms with Crippen molar-refractivity contribution in [2.24, 2.45) is 0 Å². The fourth-order valence-corrected chi connectivity index (χ4v) is 5.01. The number of anilines is 1. The van der Waals surface area contributed by atoms with E-state index in [1.807, 2.05) is 54.3 Å². The number of amides is 1. The molecule has 0 aromatic heterocycles. The van der Waals surface area contributed by atoms with Gasteiger partial charge >= 0.3 is 0 Å². The summed E-state index contributed by atoms with van der Waals surface area (Å²) < 4.78 is 12.1. The fraction of sp³-hybridized carbons (Fsp3) is 0.281. The smallest absolute Gasteiger partial charge is 0.253 e. The Hall–Kier alpha value is -3.99. The molecule has 190 valence electrons. The van der Waals surface area contributed by atoms with Gasteiger partial charge in [0.15, 0.2) is 0 Å². The molecule has 1 aliphatic heterocycles. The Kier molecular flexibility index (Phi) is 7.31. The van der Waals surface area contributed by atoms with Crippen LogP contribution in [0.2, 0.25) is 0 Å². The highest BCUT2D eigenvalue weighted by molar-refractivity contribution is 5.95. The first-order valence-corrected chi connectivity index (χ1v) is 13.0. The molecule has 0 unspecified atom stereocenters. The number of carbonyl (C=O) groups is 1. The summed E-state index contributed by atoms with van der Waals surface area (Å²) >= 11 is 0. The van der Waals surface area contributed by atoms with E-state index < -0.39 is 0 Å². The summed E-state index contributed by atoms with van der Waals surface area (Å²) in [7, 11) is 0. The molecule has 0 radical (unpaired) electrons. The minimum atomic E-state index is 0.0510. The minimum absolute atomic E-state index is 0.0510. The van der Waals surface area contributed by atoms with Crippen molar-refractivity contribution in [1.82, 2.24) is 4.90 Å². The predicted molar refractivity (Wildman–Crippen MR) is 150 cm³/mol. The maximum atomic E-state index is 13.5. The van der Waals surface area contributed by atoms with Gasteiger partial charge in [0.2, 0.25) is 0 Å². The van der Waals surface area contributed by atoms with E-state index in [1.54, 1.807) is 0 Å². The van der Waals surface area contributed by atoms with Gasteiger partial charge < -0.3 is 19.3 Å². The van der Waals surface area contributed by atoms with Crippen LogP contribution in [0.3, 0.4) is 0 Å². The maximum absolute atomic E-state index is 13.5. The topological polar surface area (TPSA) is 42.0 Å². The van der Waals surface area contributed by atoms with E-state index in [0.717, 1.165) is 40.9 Å². The number of nitrogens with zero attached hydrogens (tertiary/aromatic N) is 2. The van der Waals surface area contributed by atoms with Gasteiger partial charge in [-0.3, -0.25) is 4.79 Å². The lowest BCUT2D eigenvalue weighted by Gasteiger charge is -2.37. The van der Waals surface area contributed by atoms with Crippen molar-refractivity contribution in [3.63, 3.8) is 0 Å². The number of carbonyl (C=O) groups excluding carboxylic acids is 1. The van der Waals surface area contributed by atoms with Crippen LogP contribution in [0, 0.1) is 13.8 Å². The summed E-state index contributed by atoms with van der Waals surface area (Å²) in [5, 5.41) is 2.20. The Bertz CT molecular complexity index is 1400. The van der Waals surface area contributed by atoms with Crippen LogP contribution in [0.25, 0.3) is 10.8 Å². The lowest BCUT2D eigenvalue weighted by molar-refractivity contribution is 0.0746. The van der Waals surface area contributed by atoms with E-state index in [4.69, 9.17) is 9.47 Å². The Morgan fingerprint density at radius 1 is 0.811 bits per heavy atom. The maximum Gasteiger partial charge on any atom is 0.253 e. The number of fused-ring (bicyclic) bond motifs is 1. The first-order chi connectivity index (χ1) is 18.0. The van der Waals surface area contributed by atoms with Crippen LogP contribution in [0.4, 0.5) is 5.69 Å². The number of ether oxygens (including phenoxy) is 2. The number of aryl methyl sites for hydroxylation is 1. The zero-order valence-corrected chi connectivity index (χ0v) is 21.9. The van der Waals surface area contributed by atoms with Gasteiger partial charge in [-0.15, -0.1) is 0 Å². The van der Waals surface area contributed by atoms with Gasteiger partial charge in [-0.1, -0.05) is 48.5 Å². The lowest BCUT2D eigenvalue weighted by Crippen LogP contribution is -2.49. The summed E-state index contributed by atoms with van der Waals surface area (Å²) in [5.41, 5.74) is 5.41. The third-order valence-corrected chi connectivity index (χ3v) is 7.22. The molecule has 1 heterocycles. The molecule has 37 heavy (non-hydrogen) atoms. The van der Waals surface area contributed by atoms with Gasteiger partial charge in [0.05, 0.1) is 6.61 Å². The van der Waals surface area contributed by atoms with Crippen LogP contribution >= 0.6 is 0 Å². The molecule has 5 heteroatoms. The molecule has 1 amide bonds. The zero-order chi connectivity index (χ0) is 25.8. The Balaban J connectivity index is 1.31. The van der Waals surface area contributed by atoms with E-state index in [-0.39, 0.29) is 5.91 Å². The molecule has 5 rings (SSSR count). The predicted octanol–water partition coefficient (Wildman–Crippen LogP) is 6.40. The van der Waals surface area contributed by atoms with E-state index >= 15 is 0 Å². The molecule has 0 aliphatic carbocycles. The van der Waals surface area contributed by atoms with Crippen molar-refractivity contribution >= 4 is 22.4 Å². The summed E-state index contributed by atoms with van der Waals surface area (Å²) in [5.74, 6) is 1.62. The molecule has 1 saturated heterocycles. The van der Waals surface area contributed by atoms with Crippen LogP contribution in [0.5, 0.6) is 11.5 Å². The highest BCUT2D eigenvalue weighted by Gasteiger charge is 2.24. The van der Waals surface area contributed by atoms with Gasteiger partial charge in [-0.25, -0.2) is 0 Å². The summed E-state index contributed by atoms with van der Waals surface area (Å²) in [4.78, 5) is 17.8. The van der Waals surface area contributed by atoms with E-state index in [2.05, 4.69) is 55.1 Å². The van der Waals surface area contributed by atoms with E-state index in [9.17, 15) is 4.79 Å². The lowest BCUT2D eigenvalue weighted by atomic mass is 10.1. The average molecular weight is 495 g/mol. The molecular weight excluding hydrogens is 460 g/mol. The Morgan fingerprint density at radius 2 is 1.57 bits per heavy atom. The van der Waals surface area contributed by atoms with Crippen LogP contribution in [-0.2, 0) is 6.61 Å². The average Bonchev–Trinajstić information content (AvgIpc) is 2.94. The molecular formula is C32H34N2O3. The van der Waals surface area contributed by atoms with Gasteiger partial charge in [0, 0.05) is 48.4 Å². The molecule has 4 aromatic carbocycles. The molecule has 0 bridgehead atoms. The second kappa shape index (κ2) is 11.0. The second-order valence-electron chi connectivity index (χ2n) is 9.52. The normalized spacial score (nSPS) is 13.6. The van der Waals surface area contributed by atoms with Gasteiger partial charge in [0.25, 0.3) is 5.91 Å². The van der Waals surface area contributed by atoms with Crippen LogP contribution < -0.4 is 14.4 Å². The minimum Gasteiger partial charge on any atom is -0.493 e. The summed E-state index contributed by atoms with van der Waals surface area (Å²) in [6.07, 6.45) is 0. The van der Waals surface area contributed by atoms with E-state index in [0.29, 0.717) is 31.9 Å². The first-order valence-electron chi connectivity index (χ1n) is 13.0. The van der Waals surface area contributed by atoms with Gasteiger partial charge in [-0.05, 0) is 67.6 Å². The number of rotatable bonds is 7. The molecule has 0 N–H and O–H groups in total. The molecule has 0 spiro atoms. The Labute approximate surface area is 219 Å². The molecule has 4 aromatic rings. The second-order valence-corrected chi connectivity index (χ2v) is 9.52. The number of hydrogen-bond acceptors (Lipinski definition) is 4. The SMILES string of the molecule is CCOc1ccc(C(=O)N2CCN(c3cccc(C)c3C)CC2)cc1COc1cccc2ccccc12. The Morgan fingerprint density at radius 3 is 2.38 bits per heavy atom. The summed E-state index contributed by atoms with van der Waals surface area (Å²) in [6, 6.07) is 26.3. The monoisotopic (exact) mass is 494 g/mol. The number of piperazine rings is 1. The zero-order valence-electron chi connectivity index (χ0n) is 21.9. The quantitative estimate of drug-likeness (QED) is 0.298. The van der Waals surface area contributed by atoms with Gasteiger partial charge in [-0.2, -0.15) is 0 Å². The summed E-state index contributed by atoms with van der Waals surface area (Å²) in [6.45, 7) is 10.2. The standard InChI is InChI=1S/C32H34N2O3/c1-4-36-30-16-15-26(21-27(30)22-37-31-14-8-11-25-10-5-6-12-28(25)31)32(35)34-19-17-33(18-20-34)29-13-7-9-23(2)24(29)3/h5-16,21H,4,17-20,22H2,1-3H3. The van der Waals surface area contributed by atoms with Gasteiger partial charge in [0.1, 0.15) is 18.1 Å². The molecule has 0 atom stereocenters. The largest absolute Gasteiger partial charge is 0.493 e. The van der Waals surface area contributed by atoms with Crippen molar-refractivity contribution in [1.29, 1.82) is 0 Å². The van der Waals surface area contributed by atoms with Crippen LogP contribution in [-0.4, -0.2) is 43.6 Å². The van der Waals surface area contributed by atoms with Crippen LogP contribution in [0.15, 0.2) is 78.9 Å². The molecule has 1 fully saturated rings. The number of benzene rings is 4. The van der Waals surface area contributed by atoms with E-state index in [1.165, 1.54) is 16.8 Å². The molecule has 5 nitrogen and oxygen atoms in total. The van der Waals surface area contributed by atoms with Crippen molar-refractivity contribution in [2.75, 3.05) is 37.7 Å². The third kappa shape index (κ3) is 5.26. The van der Waals surface area contributed by atoms with Crippen molar-refractivity contribution < 1.29 is 14.3 Å². The van der Waals surface area contributed by atoms with Crippen LogP contribution in [0.1, 0.15) is 34.0 Å². The number of hydrogen-bond donors (Lipinski definition) is 0. The van der Waals surface area contributed by atoms with Crippen molar-refractivity contribution in [3.05, 3.63) is 101 Å². The van der Waals surface area contributed by atoms with Crippen molar-refractivity contribution in [3.8, 4) is 11.5 Å². The molecule has 1 aliphatic rings. The molecule has 0 saturated carbocycles. The highest BCUT2D eigenvalue weighted by Crippen LogP contribution is 2.29. The third-order valence-electron chi connectivity index (χ3n) is 7.22. The highest BCUT2D eigenvalue weighted by atomic mass is 16.5. The first kappa shape index (κ1) is 24.7. The van der Waals surface area contributed by atoms with Crippen molar-refractivity contribution in [2.45, 2.75) is 27.4 Å². The fourth-order valence-electron chi connectivity index (χ4n) is 5.01.